The molecule has 1 amide bonds. The van der Waals surface area contributed by atoms with Gasteiger partial charge in [-0.15, -0.1) is 0 Å². The van der Waals surface area contributed by atoms with E-state index < -0.39 is 12.0 Å². The minimum atomic E-state index is -0.905. The number of rotatable bonds is 5. The molecule has 0 spiro atoms. The fourth-order valence-electron chi connectivity index (χ4n) is 2.17. The first-order chi connectivity index (χ1) is 10.7. The summed E-state index contributed by atoms with van der Waals surface area (Å²) in [5, 5.41) is 13.2. The number of ether oxygens (including phenoxy) is 1. The topological polar surface area (TPSA) is 84.8 Å². The molecule has 1 atom stereocenters. The Morgan fingerprint density at radius 1 is 1.36 bits per heavy atom. The van der Waals surface area contributed by atoms with Crippen LogP contribution in [0.2, 0.25) is 0 Å². The number of furan rings is 2. The van der Waals surface area contributed by atoms with Gasteiger partial charge in [-0.25, -0.2) is 0 Å². The zero-order chi connectivity index (χ0) is 15.5. The van der Waals surface area contributed by atoms with Crippen molar-refractivity contribution in [1.29, 1.82) is 0 Å². The van der Waals surface area contributed by atoms with Gasteiger partial charge in [0.15, 0.2) is 17.1 Å². The maximum Gasteiger partial charge on any atom is 0.287 e. The SMILES string of the molecule is COc1cccc2cc(C(=O)NCC(O)c3ccco3)oc12. The molecule has 3 aromatic rings. The van der Waals surface area contributed by atoms with Crippen molar-refractivity contribution in [3.63, 3.8) is 0 Å². The number of benzene rings is 1. The summed E-state index contributed by atoms with van der Waals surface area (Å²) in [5.74, 6) is 0.703. The quantitative estimate of drug-likeness (QED) is 0.756. The first-order valence-electron chi connectivity index (χ1n) is 6.75. The highest BCUT2D eigenvalue weighted by Gasteiger charge is 2.17. The lowest BCUT2D eigenvalue weighted by Gasteiger charge is -2.08. The third-order valence-corrected chi connectivity index (χ3v) is 3.28. The zero-order valence-corrected chi connectivity index (χ0v) is 11.9. The molecule has 6 heteroatoms. The summed E-state index contributed by atoms with van der Waals surface area (Å²) in [7, 11) is 1.54. The highest BCUT2D eigenvalue weighted by atomic mass is 16.5. The van der Waals surface area contributed by atoms with E-state index in [1.807, 2.05) is 12.1 Å². The van der Waals surface area contributed by atoms with E-state index >= 15 is 0 Å². The Morgan fingerprint density at radius 2 is 2.23 bits per heavy atom. The Kier molecular flexibility index (Phi) is 3.84. The van der Waals surface area contributed by atoms with Crippen LogP contribution in [-0.2, 0) is 0 Å². The second kappa shape index (κ2) is 5.95. The van der Waals surface area contributed by atoms with Crippen molar-refractivity contribution in [3.8, 4) is 5.75 Å². The van der Waals surface area contributed by atoms with Crippen LogP contribution >= 0.6 is 0 Å². The van der Waals surface area contributed by atoms with E-state index in [-0.39, 0.29) is 12.3 Å². The molecule has 3 rings (SSSR count). The predicted molar refractivity (Wildman–Crippen MR) is 78.8 cm³/mol. The van der Waals surface area contributed by atoms with Crippen molar-refractivity contribution >= 4 is 16.9 Å². The van der Waals surface area contributed by atoms with Gasteiger partial charge in [-0.3, -0.25) is 4.79 Å². The molecular formula is C16H15NO5. The number of amides is 1. The first kappa shape index (κ1) is 14.2. The lowest BCUT2D eigenvalue weighted by Crippen LogP contribution is -2.27. The summed E-state index contributed by atoms with van der Waals surface area (Å²) >= 11 is 0. The molecule has 1 aromatic carbocycles. The average Bonchev–Trinajstić information content (AvgIpc) is 3.20. The summed E-state index contributed by atoms with van der Waals surface area (Å²) in [5.41, 5.74) is 0.515. The molecule has 114 valence electrons. The molecule has 0 saturated carbocycles. The minimum Gasteiger partial charge on any atom is -0.493 e. The van der Waals surface area contributed by atoms with Crippen LogP contribution in [0, 0.1) is 0 Å². The van der Waals surface area contributed by atoms with Crippen molar-refractivity contribution in [2.24, 2.45) is 0 Å². The number of hydrogen-bond acceptors (Lipinski definition) is 5. The first-order valence-corrected chi connectivity index (χ1v) is 6.75. The van der Waals surface area contributed by atoms with E-state index in [9.17, 15) is 9.90 Å². The van der Waals surface area contributed by atoms with Crippen molar-refractivity contribution in [1.82, 2.24) is 5.32 Å². The molecule has 2 aromatic heterocycles. The summed E-state index contributed by atoms with van der Waals surface area (Å²) in [4.78, 5) is 12.1. The molecule has 6 nitrogen and oxygen atoms in total. The van der Waals surface area contributed by atoms with Crippen LogP contribution in [0.3, 0.4) is 0 Å². The van der Waals surface area contributed by atoms with Crippen LogP contribution in [0.1, 0.15) is 22.4 Å². The molecule has 0 radical (unpaired) electrons. The molecule has 0 saturated heterocycles. The third kappa shape index (κ3) is 2.68. The minimum absolute atomic E-state index is 0.0283. The second-order valence-corrected chi connectivity index (χ2v) is 4.73. The van der Waals surface area contributed by atoms with E-state index in [1.54, 1.807) is 24.3 Å². The Hall–Kier alpha value is -2.73. The number of fused-ring (bicyclic) bond motifs is 1. The summed E-state index contributed by atoms with van der Waals surface area (Å²) in [6.07, 6.45) is 0.559. The molecule has 2 N–H and O–H groups in total. The van der Waals surface area contributed by atoms with Gasteiger partial charge < -0.3 is 24.0 Å². The molecular weight excluding hydrogens is 286 g/mol. The van der Waals surface area contributed by atoms with Gasteiger partial charge in [0, 0.05) is 5.39 Å². The Morgan fingerprint density at radius 3 is 2.95 bits per heavy atom. The molecule has 22 heavy (non-hydrogen) atoms. The number of hydrogen-bond donors (Lipinski definition) is 2. The Labute approximate surface area is 126 Å². The number of methoxy groups -OCH3 is 1. The zero-order valence-electron chi connectivity index (χ0n) is 11.9. The molecule has 0 aliphatic rings. The Bertz CT molecular complexity index is 775. The van der Waals surface area contributed by atoms with Crippen LogP contribution in [-0.4, -0.2) is 24.7 Å². The summed E-state index contributed by atoms with van der Waals surface area (Å²) in [6.45, 7) is 0.0283. The molecule has 0 aliphatic heterocycles. The highest BCUT2D eigenvalue weighted by molar-refractivity contribution is 5.97. The Balaban J connectivity index is 1.72. The largest absolute Gasteiger partial charge is 0.493 e. The van der Waals surface area contributed by atoms with E-state index in [2.05, 4.69) is 5.32 Å². The monoisotopic (exact) mass is 301 g/mol. The second-order valence-electron chi connectivity index (χ2n) is 4.73. The van der Waals surface area contributed by atoms with Crippen molar-refractivity contribution in [3.05, 3.63) is 54.2 Å². The molecule has 0 aliphatic carbocycles. The number of carbonyl (C=O) groups excluding carboxylic acids is 1. The number of para-hydroxylation sites is 1. The van der Waals surface area contributed by atoms with Crippen molar-refractivity contribution < 1.29 is 23.5 Å². The van der Waals surface area contributed by atoms with Crippen LogP contribution in [0.4, 0.5) is 0 Å². The number of nitrogens with one attached hydrogen (secondary N) is 1. The van der Waals surface area contributed by atoms with Gasteiger partial charge >= 0.3 is 0 Å². The molecule has 0 fully saturated rings. The maximum atomic E-state index is 12.1. The highest BCUT2D eigenvalue weighted by Crippen LogP contribution is 2.28. The van der Waals surface area contributed by atoms with E-state index in [4.69, 9.17) is 13.6 Å². The van der Waals surface area contributed by atoms with Crippen LogP contribution in [0.25, 0.3) is 11.0 Å². The smallest absolute Gasteiger partial charge is 0.287 e. The van der Waals surface area contributed by atoms with Gasteiger partial charge in [0.1, 0.15) is 11.9 Å². The number of carbonyl (C=O) groups is 1. The lowest BCUT2D eigenvalue weighted by atomic mass is 10.2. The standard InChI is InChI=1S/C16H15NO5/c1-20-13-5-2-4-10-8-14(22-15(10)13)16(19)17-9-11(18)12-6-3-7-21-12/h2-8,11,18H,9H2,1H3,(H,17,19). The third-order valence-electron chi connectivity index (χ3n) is 3.28. The van der Waals surface area contributed by atoms with Crippen LogP contribution < -0.4 is 10.1 Å². The van der Waals surface area contributed by atoms with E-state index in [1.165, 1.54) is 13.4 Å². The van der Waals surface area contributed by atoms with Crippen LogP contribution in [0.15, 0.2) is 51.5 Å². The maximum absolute atomic E-state index is 12.1. The molecule has 0 bridgehead atoms. The van der Waals surface area contributed by atoms with E-state index in [0.717, 1.165) is 5.39 Å². The fraction of sp³-hybridized carbons (Fsp3) is 0.188. The van der Waals surface area contributed by atoms with Crippen molar-refractivity contribution in [2.45, 2.75) is 6.10 Å². The normalized spacial score (nSPS) is 12.3. The van der Waals surface area contributed by atoms with Gasteiger partial charge in [0.05, 0.1) is 19.9 Å². The number of aliphatic hydroxyl groups excluding tert-OH is 1. The van der Waals surface area contributed by atoms with Gasteiger partial charge in [-0.05, 0) is 24.3 Å². The lowest BCUT2D eigenvalue weighted by molar-refractivity contribution is 0.0876. The molecule has 2 heterocycles. The van der Waals surface area contributed by atoms with Gasteiger partial charge in [0.2, 0.25) is 0 Å². The predicted octanol–water partition coefficient (Wildman–Crippen LogP) is 2.50. The van der Waals surface area contributed by atoms with Gasteiger partial charge in [0.25, 0.3) is 5.91 Å². The number of aliphatic hydroxyl groups is 1. The fourth-order valence-corrected chi connectivity index (χ4v) is 2.17. The van der Waals surface area contributed by atoms with E-state index in [0.29, 0.717) is 17.1 Å². The average molecular weight is 301 g/mol. The summed E-state index contributed by atoms with van der Waals surface area (Å²) < 4.78 is 15.8. The van der Waals surface area contributed by atoms with Crippen molar-refractivity contribution in [2.75, 3.05) is 13.7 Å². The summed E-state index contributed by atoms with van der Waals surface area (Å²) in [6, 6.07) is 10.4. The van der Waals surface area contributed by atoms with Gasteiger partial charge in [-0.2, -0.15) is 0 Å². The van der Waals surface area contributed by atoms with Gasteiger partial charge in [-0.1, -0.05) is 12.1 Å². The molecule has 1 unspecified atom stereocenters. The van der Waals surface area contributed by atoms with Crippen LogP contribution in [0.5, 0.6) is 5.75 Å².